The molecule has 7 aliphatic rings. The summed E-state index contributed by atoms with van der Waals surface area (Å²) < 4.78 is 38.2. The largest absolute Gasteiger partial charge is 0.378 e. The van der Waals surface area contributed by atoms with Gasteiger partial charge in [0.15, 0.2) is 0 Å². The maximum absolute atomic E-state index is 7.87. The van der Waals surface area contributed by atoms with Crippen LogP contribution in [0.3, 0.4) is 0 Å². The summed E-state index contributed by atoms with van der Waals surface area (Å²) in [7, 11) is 0. The highest BCUT2D eigenvalue weighted by atomic mass is 16.5. The summed E-state index contributed by atoms with van der Waals surface area (Å²) in [5.41, 5.74) is -0.00645. The van der Waals surface area contributed by atoms with Crippen LogP contribution in [0.25, 0.3) is 0 Å². The van der Waals surface area contributed by atoms with Crippen LogP contribution in [0.5, 0.6) is 0 Å². The van der Waals surface area contributed by atoms with Crippen molar-refractivity contribution in [3.8, 4) is 0 Å². The molecule has 56 heavy (non-hydrogen) atoms. The minimum absolute atomic E-state index is 0.0338. The van der Waals surface area contributed by atoms with Crippen molar-refractivity contribution in [2.75, 3.05) is 13.2 Å². The first-order valence-corrected chi connectivity index (χ1v) is 25.0. The van der Waals surface area contributed by atoms with Gasteiger partial charge in [-0.15, -0.1) is 0 Å². The zero-order chi connectivity index (χ0) is 40.0. The van der Waals surface area contributed by atoms with Crippen LogP contribution in [0.4, 0.5) is 0 Å². The number of rotatable bonds is 19. The summed E-state index contributed by atoms with van der Waals surface area (Å²) in [6.45, 7) is 25.2. The van der Waals surface area contributed by atoms with E-state index in [4.69, 9.17) is 23.7 Å². The minimum Gasteiger partial charge on any atom is -0.378 e. The second-order valence-corrected chi connectivity index (χ2v) is 22.6. The van der Waals surface area contributed by atoms with Crippen molar-refractivity contribution >= 4 is 0 Å². The van der Waals surface area contributed by atoms with Gasteiger partial charge >= 0.3 is 0 Å². The standard InChI is InChI=1S/C51H90O5/c1-11-13-34-52-42-24-16-28-48(42,40-22-15-23-41(40)54-37(5)6)50(30-17-25-43(50)53-35-36(3)4)51(31-18-26-44(51)55-38(7)12-2)49(47(32-33-47)39-20-14-21-39)29-19-27-45(49)56-46(8,9)10/h36-45H,11-35H2,1-10H3. The van der Waals surface area contributed by atoms with Crippen LogP contribution >= 0.6 is 0 Å². The molecule has 7 fully saturated rings. The summed E-state index contributed by atoms with van der Waals surface area (Å²) in [5, 5.41) is 0. The molecule has 0 bridgehead atoms. The lowest BCUT2D eigenvalue weighted by atomic mass is 9.33. The molecule has 11 atom stereocenters. The van der Waals surface area contributed by atoms with Gasteiger partial charge in [-0.2, -0.15) is 0 Å². The second-order valence-electron chi connectivity index (χ2n) is 22.6. The number of hydrogen-bond donors (Lipinski definition) is 0. The molecule has 0 N–H and O–H groups in total. The Bertz CT molecular complexity index is 1270. The third-order valence-corrected chi connectivity index (χ3v) is 17.9. The van der Waals surface area contributed by atoms with Gasteiger partial charge in [0.05, 0.1) is 48.3 Å². The van der Waals surface area contributed by atoms with Gasteiger partial charge < -0.3 is 23.7 Å². The van der Waals surface area contributed by atoms with Crippen LogP contribution in [0.1, 0.15) is 217 Å². The molecule has 0 spiro atoms. The smallest absolute Gasteiger partial charge is 0.0650 e. The Morgan fingerprint density at radius 2 is 1.21 bits per heavy atom. The van der Waals surface area contributed by atoms with E-state index in [9.17, 15) is 0 Å². The third-order valence-electron chi connectivity index (χ3n) is 17.9. The van der Waals surface area contributed by atoms with Crippen molar-refractivity contribution in [1.29, 1.82) is 0 Å². The van der Waals surface area contributed by atoms with E-state index in [-0.39, 0.29) is 70.0 Å². The average molecular weight is 783 g/mol. The van der Waals surface area contributed by atoms with Gasteiger partial charge in [-0.25, -0.2) is 0 Å². The zero-order valence-corrected chi connectivity index (χ0v) is 38.5. The predicted octanol–water partition coefficient (Wildman–Crippen LogP) is 13.4. The van der Waals surface area contributed by atoms with Crippen molar-refractivity contribution < 1.29 is 23.7 Å². The Morgan fingerprint density at radius 1 is 0.589 bits per heavy atom. The Morgan fingerprint density at radius 3 is 1.82 bits per heavy atom. The lowest BCUT2D eigenvalue weighted by Gasteiger charge is -2.73. The summed E-state index contributed by atoms with van der Waals surface area (Å²) in [5.74, 6) is 1.80. The quantitative estimate of drug-likeness (QED) is 0.122. The van der Waals surface area contributed by atoms with E-state index in [0.29, 0.717) is 17.3 Å². The highest BCUT2D eigenvalue weighted by Gasteiger charge is 2.85. The molecule has 0 aliphatic heterocycles. The normalized spacial score (nSPS) is 42.0. The van der Waals surface area contributed by atoms with Crippen LogP contribution in [0, 0.1) is 44.8 Å². The fourth-order valence-electron chi connectivity index (χ4n) is 16.2. The molecular formula is C51H90O5. The van der Waals surface area contributed by atoms with Crippen molar-refractivity contribution in [3.63, 3.8) is 0 Å². The van der Waals surface area contributed by atoms with Crippen LogP contribution in [-0.4, -0.2) is 61.5 Å². The Hall–Kier alpha value is -0.200. The van der Waals surface area contributed by atoms with Gasteiger partial charge in [-0.3, -0.25) is 0 Å². The molecule has 0 amide bonds. The van der Waals surface area contributed by atoms with Gasteiger partial charge in [0.2, 0.25) is 0 Å². The monoisotopic (exact) mass is 783 g/mol. The maximum Gasteiger partial charge on any atom is 0.0650 e. The molecule has 5 heteroatoms. The number of unbranched alkanes of at least 4 members (excludes halogenated alkanes) is 1. The molecule has 0 aromatic heterocycles. The fraction of sp³-hybridized carbons (Fsp3) is 1.00. The zero-order valence-electron chi connectivity index (χ0n) is 38.5. The highest BCUT2D eigenvalue weighted by Crippen LogP contribution is 2.87. The lowest BCUT2D eigenvalue weighted by Crippen LogP contribution is -2.74. The van der Waals surface area contributed by atoms with Gasteiger partial charge in [-0.05, 0) is 167 Å². The Labute approximate surface area is 346 Å². The summed E-state index contributed by atoms with van der Waals surface area (Å²) in [6.07, 6.45) is 30.6. The van der Waals surface area contributed by atoms with E-state index in [1.54, 1.807) is 0 Å². The third kappa shape index (κ3) is 7.06. The van der Waals surface area contributed by atoms with Crippen LogP contribution in [-0.2, 0) is 23.7 Å². The van der Waals surface area contributed by atoms with Crippen LogP contribution in [0.2, 0.25) is 0 Å². The molecule has 7 saturated carbocycles. The minimum atomic E-state index is -0.197. The van der Waals surface area contributed by atoms with Crippen molar-refractivity contribution in [3.05, 3.63) is 0 Å². The van der Waals surface area contributed by atoms with E-state index >= 15 is 0 Å². The molecule has 0 radical (unpaired) electrons. The van der Waals surface area contributed by atoms with Crippen molar-refractivity contribution in [2.24, 2.45) is 44.8 Å². The van der Waals surface area contributed by atoms with Crippen molar-refractivity contribution in [2.45, 2.75) is 265 Å². The van der Waals surface area contributed by atoms with E-state index < -0.39 is 0 Å². The molecule has 7 rings (SSSR count). The topological polar surface area (TPSA) is 46.2 Å². The Balaban J connectivity index is 1.58. The van der Waals surface area contributed by atoms with Crippen molar-refractivity contribution in [1.82, 2.24) is 0 Å². The second kappa shape index (κ2) is 17.3. The van der Waals surface area contributed by atoms with E-state index in [2.05, 4.69) is 69.2 Å². The van der Waals surface area contributed by atoms with E-state index in [0.717, 1.165) is 32.0 Å². The molecule has 0 aromatic carbocycles. The fourth-order valence-corrected chi connectivity index (χ4v) is 16.2. The predicted molar refractivity (Wildman–Crippen MR) is 230 cm³/mol. The summed E-state index contributed by atoms with van der Waals surface area (Å²) >= 11 is 0. The van der Waals surface area contributed by atoms with Gasteiger partial charge in [-0.1, -0.05) is 72.6 Å². The average Bonchev–Trinajstić information content (AvgIpc) is 3.68. The van der Waals surface area contributed by atoms with Gasteiger partial charge in [0.25, 0.3) is 0 Å². The Kier molecular flexibility index (Phi) is 13.5. The molecule has 0 aromatic rings. The SMILES string of the molecule is CCCCOC1CCCC1(C1CCCC1OC(C)C)C1(C2(C3(C4(C5CCC5)CC4)CCCC3OC(C)(C)C)CCCC2OC(C)CC)CCCC1OCC(C)C. The first kappa shape index (κ1) is 43.9. The molecule has 11 unspecified atom stereocenters. The summed E-state index contributed by atoms with van der Waals surface area (Å²) in [6, 6.07) is 0. The first-order valence-electron chi connectivity index (χ1n) is 25.0. The molecule has 324 valence electrons. The first-order chi connectivity index (χ1) is 26.8. The van der Waals surface area contributed by atoms with Gasteiger partial charge in [0, 0.05) is 34.9 Å². The molecular weight excluding hydrogens is 693 g/mol. The molecule has 7 aliphatic carbocycles. The van der Waals surface area contributed by atoms with E-state index in [1.807, 2.05) is 0 Å². The molecule has 0 heterocycles. The van der Waals surface area contributed by atoms with Crippen LogP contribution < -0.4 is 0 Å². The molecule has 0 saturated heterocycles. The number of ether oxygens (including phenoxy) is 5. The lowest BCUT2D eigenvalue weighted by molar-refractivity contribution is -0.328. The maximum atomic E-state index is 7.87. The number of hydrogen-bond acceptors (Lipinski definition) is 5. The summed E-state index contributed by atoms with van der Waals surface area (Å²) in [4.78, 5) is 0. The highest BCUT2D eigenvalue weighted by molar-refractivity contribution is 5.33. The van der Waals surface area contributed by atoms with Crippen LogP contribution in [0.15, 0.2) is 0 Å². The van der Waals surface area contributed by atoms with Gasteiger partial charge in [0.1, 0.15) is 0 Å². The van der Waals surface area contributed by atoms with E-state index in [1.165, 1.54) is 135 Å². The molecule has 5 nitrogen and oxygen atoms in total.